The van der Waals surface area contributed by atoms with Gasteiger partial charge in [0.15, 0.2) is 18.2 Å². The van der Waals surface area contributed by atoms with Gasteiger partial charge in [0.25, 0.3) is 0 Å². The summed E-state index contributed by atoms with van der Waals surface area (Å²) in [5.74, 6) is 5.10. The highest BCUT2D eigenvalue weighted by Crippen LogP contribution is 2.45. The fourth-order valence-electron chi connectivity index (χ4n) is 2.73. The lowest BCUT2D eigenvalue weighted by Gasteiger charge is -2.32. The molecule has 116 valence electrons. The van der Waals surface area contributed by atoms with Gasteiger partial charge in [-0.05, 0) is 32.6 Å². The van der Waals surface area contributed by atoms with Crippen LogP contribution < -0.4 is 0 Å². The molecule has 0 aromatic heterocycles. The van der Waals surface area contributed by atoms with Crippen molar-refractivity contribution in [2.75, 3.05) is 6.61 Å². The topological polar surface area (TPSA) is 74.2 Å². The highest BCUT2D eigenvalue weighted by Gasteiger charge is 2.65. The Morgan fingerprint density at radius 2 is 2.10 bits per heavy atom. The second-order valence-corrected chi connectivity index (χ2v) is 6.16. The number of rotatable bonds is 2. The number of aliphatic hydroxyl groups is 1. The highest BCUT2D eigenvalue weighted by atomic mass is 16.8. The molecule has 1 saturated carbocycles. The van der Waals surface area contributed by atoms with E-state index >= 15 is 0 Å². The zero-order valence-electron chi connectivity index (χ0n) is 12.4. The Morgan fingerprint density at radius 1 is 1.38 bits per heavy atom. The first-order valence-corrected chi connectivity index (χ1v) is 7.20. The van der Waals surface area contributed by atoms with E-state index in [2.05, 4.69) is 11.8 Å². The standard InChI is InChI=1S/C15H20O6/c1-9(17)19-15(7-6-10-4-5-10)11(8-16)18-13-12(15)20-14(2,3)21-13/h10-13,16H,4-5,8H2,1-3H3/t11-,12+,13-,15-/m1/s1. The molecule has 3 fully saturated rings. The van der Waals surface area contributed by atoms with Crippen molar-refractivity contribution in [3.63, 3.8) is 0 Å². The van der Waals surface area contributed by atoms with Crippen LogP contribution in [0.1, 0.15) is 33.6 Å². The smallest absolute Gasteiger partial charge is 0.304 e. The van der Waals surface area contributed by atoms with Gasteiger partial charge in [0.05, 0.1) is 6.61 Å². The third-order valence-electron chi connectivity index (χ3n) is 3.78. The summed E-state index contributed by atoms with van der Waals surface area (Å²) in [6, 6.07) is 0. The number of carbonyl (C=O) groups excluding carboxylic acids is 1. The molecule has 3 rings (SSSR count). The number of aliphatic hydroxyl groups excluding tert-OH is 1. The third-order valence-corrected chi connectivity index (χ3v) is 3.78. The predicted molar refractivity (Wildman–Crippen MR) is 70.8 cm³/mol. The monoisotopic (exact) mass is 296 g/mol. The molecule has 0 spiro atoms. The molecule has 2 saturated heterocycles. The SMILES string of the molecule is CC(=O)O[C@]1(C#CC2CC2)[C@@H](CO)O[C@@H]2OC(C)(C)O[C@@H]21. The number of esters is 1. The van der Waals surface area contributed by atoms with Gasteiger partial charge in [-0.3, -0.25) is 4.79 Å². The Kier molecular flexibility index (Phi) is 3.49. The van der Waals surface area contributed by atoms with Gasteiger partial charge in [-0.2, -0.15) is 0 Å². The normalized spacial score (nSPS) is 40.3. The number of carbonyl (C=O) groups is 1. The van der Waals surface area contributed by atoms with Gasteiger partial charge < -0.3 is 24.1 Å². The van der Waals surface area contributed by atoms with E-state index in [1.807, 2.05) is 0 Å². The van der Waals surface area contributed by atoms with Crippen molar-refractivity contribution in [1.82, 2.24) is 0 Å². The summed E-state index contributed by atoms with van der Waals surface area (Å²) in [7, 11) is 0. The lowest BCUT2D eigenvalue weighted by atomic mass is 9.92. The van der Waals surface area contributed by atoms with Crippen LogP contribution in [0.3, 0.4) is 0 Å². The molecule has 3 aliphatic rings. The zero-order chi connectivity index (χ0) is 15.3. The Labute approximate surface area is 123 Å². The minimum atomic E-state index is -1.32. The van der Waals surface area contributed by atoms with E-state index in [1.165, 1.54) is 6.92 Å². The first kappa shape index (κ1) is 14.8. The lowest BCUT2D eigenvalue weighted by Crippen LogP contribution is -2.52. The van der Waals surface area contributed by atoms with Crippen molar-refractivity contribution in [2.45, 2.75) is 63.5 Å². The molecule has 0 aromatic rings. The quantitative estimate of drug-likeness (QED) is 0.593. The first-order chi connectivity index (χ1) is 9.86. The molecule has 2 aliphatic heterocycles. The third kappa shape index (κ3) is 2.67. The van der Waals surface area contributed by atoms with E-state index in [0.717, 1.165) is 12.8 Å². The van der Waals surface area contributed by atoms with Gasteiger partial charge in [-0.1, -0.05) is 5.92 Å². The Bertz CT molecular complexity index is 500. The van der Waals surface area contributed by atoms with Gasteiger partial charge >= 0.3 is 5.97 Å². The van der Waals surface area contributed by atoms with Crippen molar-refractivity contribution in [3.8, 4) is 11.8 Å². The maximum Gasteiger partial charge on any atom is 0.304 e. The largest absolute Gasteiger partial charge is 0.440 e. The second-order valence-electron chi connectivity index (χ2n) is 6.16. The summed E-state index contributed by atoms with van der Waals surface area (Å²) in [6.07, 6.45) is -0.0567. The van der Waals surface area contributed by atoms with Crippen LogP contribution in [-0.2, 0) is 23.7 Å². The number of ether oxygens (including phenoxy) is 4. The maximum absolute atomic E-state index is 11.6. The Balaban J connectivity index is 1.96. The number of hydrogen-bond acceptors (Lipinski definition) is 6. The van der Waals surface area contributed by atoms with Gasteiger partial charge in [0, 0.05) is 12.8 Å². The van der Waals surface area contributed by atoms with E-state index in [1.54, 1.807) is 13.8 Å². The summed E-state index contributed by atoms with van der Waals surface area (Å²) in [6.45, 7) is 4.50. The van der Waals surface area contributed by atoms with Crippen LogP contribution in [0.5, 0.6) is 0 Å². The average Bonchev–Trinajstić information content (AvgIpc) is 3.10. The Hall–Kier alpha value is -1.13. The minimum Gasteiger partial charge on any atom is -0.440 e. The molecule has 2 heterocycles. The van der Waals surface area contributed by atoms with Crippen molar-refractivity contribution in [3.05, 3.63) is 0 Å². The first-order valence-electron chi connectivity index (χ1n) is 7.20. The zero-order valence-corrected chi connectivity index (χ0v) is 12.4. The molecule has 1 aliphatic carbocycles. The van der Waals surface area contributed by atoms with Gasteiger partial charge in [-0.25, -0.2) is 0 Å². The molecule has 0 bridgehead atoms. The number of hydrogen-bond donors (Lipinski definition) is 1. The fourth-order valence-corrected chi connectivity index (χ4v) is 2.73. The molecule has 6 heteroatoms. The molecule has 0 radical (unpaired) electrons. The van der Waals surface area contributed by atoms with E-state index in [4.69, 9.17) is 18.9 Å². The summed E-state index contributed by atoms with van der Waals surface area (Å²) < 4.78 is 22.6. The molecular weight excluding hydrogens is 276 g/mol. The van der Waals surface area contributed by atoms with Crippen LogP contribution in [0.2, 0.25) is 0 Å². The van der Waals surface area contributed by atoms with Crippen LogP contribution >= 0.6 is 0 Å². The summed E-state index contributed by atoms with van der Waals surface area (Å²) in [4.78, 5) is 11.6. The van der Waals surface area contributed by atoms with Crippen LogP contribution in [0.25, 0.3) is 0 Å². The highest BCUT2D eigenvalue weighted by molar-refractivity contribution is 5.67. The predicted octanol–water partition coefficient (Wildman–Crippen LogP) is 0.570. The molecule has 0 amide bonds. The van der Waals surface area contributed by atoms with Gasteiger partial charge in [0.1, 0.15) is 6.10 Å². The Morgan fingerprint density at radius 3 is 2.67 bits per heavy atom. The van der Waals surface area contributed by atoms with E-state index in [9.17, 15) is 9.90 Å². The average molecular weight is 296 g/mol. The number of fused-ring (bicyclic) bond motifs is 1. The van der Waals surface area contributed by atoms with Crippen LogP contribution in [0.15, 0.2) is 0 Å². The maximum atomic E-state index is 11.6. The fraction of sp³-hybridized carbons (Fsp3) is 0.800. The second kappa shape index (κ2) is 4.96. The van der Waals surface area contributed by atoms with Crippen LogP contribution in [-0.4, -0.2) is 47.6 Å². The molecule has 0 unspecified atom stereocenters. The lowest BCUT2D eigenvalue weighted by molar-refractivity contribution is -0.230. The molecule has 4 atom stereocenters. The summed E-state index contributed by atoms with van der Waals surface area (Å²) in [5, 5.41) is 9.59. The molecular formula is C15H20O6. The summed E-state index contributed by atoms with van der Waals surface area (Å²) >= 11 is 0. The minimum absolute atomic E-state index is 0.325. The van der Waals surface area contributed by atoms with E-state index in [-0.39, 0.29) is 6.61 Å². The summed E-state index contributed by atoms with van der Waals surface area (Å²) in [5.41, 5.74) is -1.32. The van der Waals surface area contributed by atoms with Crippen molar-refractivity contribution in [1.29, 1.82) is 0 Å². The molecule has 6 nitrogen and oxygen atoms in total. The van der Waals surface area contributed by atoms with Crippen molar-refractivity contribution in [2.24, 2.45) is 5.92 Å². The van der Waals surface area contributed by atoms with E-state index < -0.39 is 35.9 Å². The van der Waals surface area contributed by atoms with Gasteiger partial charge in [0.2, 0.25) is 5.60 Å². The molecule has 1 N–H and O–H groups in total. The van der Waals surface area contributed by atoms with Gasteiger partial charge in [-0.15, -0.1) is 0 Å². The van der Waals surface area contributed by atoms with Crippen LogP contribution in [0, 0.1) is 17.8 Å². The van der Waals surface area contributed by atoms with E-state index in [0.29, 0.717) is 5.92 Å². The molecule has 21 heavy (non-hydrogen) atoms. The van der Waals surface area contributed by atoms with Crippen molar-refractivity contribution >= 4 is 5.97 Å². The van der Waals surface area contributed by atoms with Crippen molar-refractivity contribution < 1.29 is 28.8 Å². The molecule has 0 aromatic carbocycles. The van der Waals surface area contributed by atoms with Crippen LogP contribution in [0.4, 0.5) is 0 Å².